The number of anilines is 1. The maximum absolute atomic E-state index is 12.2. The molecule has 1 aromatic rings. The molecule has 2 rings (SSSR count). The second kappa shape index (κ2) is 6.45. The van der Waals surface area contributed by atoms with Gasteiger partial charge in [-0.3, -0.25) is 9.69 Å². The summed E-state index contributed by atoms with van der Waals surface area (Å²) in [6.07, 6.45) is 0.908. The van der Waals surface area contributed by atoms with Gasteiger partial charge in [0.05, 0.1) is 11.7 Å². The highest BCUT2D eigenvalue weighted by atomic mass is 32.1. The molecule has 6 heteroatoms. The van der Waals surface area contributed by atoms with Gasteiger partial charge in [-0.25, -0.2) is 4.98 Å². The van der Waals surface area contributed by atoms with Crippen LogP contribution in [0.25, 0.3) is 0 Å². The van der Waals surface area contributed by atoms with Crippen molar-refractivity contribution >= 4 is 22.4 Å². The molecule has 1 saturated heterocycles. The molecule has 106 valence electrons. The number of hydrogen-bond donors (Lipinski definition) is 2. The second-order valence-corrected chi connectivity index (χ2v) is 6.03. The van der Waals surface area contributed by atoms with E-state index in [1.165, 1.54) is 4.88 Å². The van der Waals surface area contributed by atoms with Crippen LogP contribution in [0, 0.1) is 6.92 Å². The lowest BCUT2D eigenvalue weighted by atomic mass is 10.2. The van der Waals surface area contributed by atoms with Gasteiger partial charge in [0.2, 0.25) is 5.91 Å². The quantitative estimate of drug-likeness (QED) is 0.872. The summed E-state index contributed by atoms with van der Waals surface area (Å²) in [5.74, 6) is 0.0401. The first-order chi connectivity index (χ1) is 9.11. The molecule has 5 nitrogen and oxygen atoms in total. The molecule has 1 amide bonds. The summed E-state index contributed by atoms with van der Waals surface area (Å²) in [4.78, 5) is 20.1. The number of amides is 1. The zero-order valence-electron chi connectivity index (χ0n) is 11.8. The van der Waals surface area contributed by atoms with Crippen LogP contribution in [0.2, 0.25) is 0 Å². The van der Waals surface area contributed by atoms with E-state index in [4.69, 9.17) is 0 Å². The van der Waals surface area contributed by atoms with Crippen LogP contribution in [-0.4, -0.2) is 48.0 Å². The van der Waals surface area contributed by atoms with Crippen LogP contribution in [0.15, 0.2) is 0 Å². The van der Waals surface area contributed by atoms with Gasteiger partial charge in [-0.2, -0.15) is 0 Å². The number of hydrogen-bond acceptors (Lipinski definition) is 5. The predicted molar refractivity (Wildman–Crippen MR) is 78.8 cm³/mol. The van der Waals surface area contributed by atoms with E-state index in [0.717, 1.165) is 43.4 Å². The van der Waals surface area contributed by atoms with Gasteiger partial charge in [0.15, 0.2) is 5.13 Å². The molecule has 0 bridgehead atoms. The van der Waals surface area contributed by atoms with Gasteiger partial charge in [-0.15, -0.1) is 11.3 Å². The Morgan fingerprint density at radius 2 is 2.21 bits per heavy atom. The Balaban J connectivity index is 1.95. The van der Waals surface area contributed by atoms with Crippen molar-refractivity contribution in [2.75, 3.05) is 31.5 Å². The Kier molecular flexibility index (Phi) is 4.90. The molecule has 1 unspecified atom stereocenters. The van der Waals surface area contributed by atoms with Crippen molar-refractivity contribution in [2.45, 2.75) is 33.2 Å². The largest absolute Gasteiger partial charge is 0.314 e. The summed E-state index contributed by atoms with van der Waals surface area (Å²) < 4.78 is 0. The van der Waals surface area contributed by atoms with Crippen molar-refractivity contribution in [3.8, 4) is 0 Å². The number of thiazole rings is 1. The van der Waals surface area contributed by atoms with Crippen molar-refractivity contribution in [2.24, 2.45) is 0 Å². The number of aromatic nitrogens is 1. The van der Waals surface area contributed by atoms with Crippen LogP contribution in [0.3, 0.4) is 0 Å². The molecule has 0 spiro atoms. The van der Waals surface area contributed by atoms with Gasteiger partial charge in [-0.1, -0.05) is 6.92 Å². The van der Waals surface area contributed by atoms with E-state index in [0.29, 0.717) is 0 Å². The van der Waals surface area contributed by atoms with Gasteiger partial charge in [-0.05, 0) is 20.3 Å². The molecular formula is C13H22N4OS. The monoisotopic (exact) mass is 282 g/mol. The zero-order chi connectivity index (χ0) is 13.8. The predicted octanol–water partition coefficient (Wildman–Crippen LogP) is 1.25. The number of rotatable bonds is 4. The first kappa shape index (κ1) is 14.4. The van der Waals surface area contributed by atoms with Crippen LogP contribution in [0.5, 0.6) is 0 Å². The van der Waals surface area contributed by atoms with Crippen molar-refractivity contribution in [3.05, 3.63) is 10.6 Å². The van der Waals surface area contributed by atoms with Crippen molar-refractivity contribution in [3.63, 3.8) is 0 Å². The van der Waals surface area contributed by atoms with Gasteiger partial charge in [0.1, 0.15) is 0 Å². The summed E-state index contributed by atoms with van der Waals surface area (Å²) >= 11 is 1.56. The lowest BCUT2D eigenvalue weighted by molar-refractivity contribution is -0.120. The lowest BCUT2D eigenvalue weighted by Crippen LogP contribution is -2.51. The third-order valence-electron chi connectivity index (χ3n) is 3.54. The lowest BCUT2D eigenvalue weighted by Gasteiger charge is -2.31. The van der Waals surface area contributed by atoms with Gasteiger partial charge < -0.3 is 10.6 Å². The van der Waals surface area contributed by atoms with E-state index in [9.17, 15) is 4.79 Å². The van der Waals surface area contributed by atoms with E-state index in [1.807, 2.05) is 13.8 Å². The number of nitrogens with zero attached hydrogens (tertiary/aromatic N) is 2. The number of carbonyl (C=O) groups excluding carboxylic acids is 1. The first-order valence-electron chi connectivity index (χ1n) is 6.83. The Hall–Kier alpha value is -0.980. The highest BCUT2D eigenvalue weighted by molar-refractivity contribution is 7.15. The summed E-state index contributed by atoms with van der Waals surface area (Å²) in [6.45, 7) is 9.84. The number of carbonyl (C=O) groups is 1. The van der Waals surface area contributed by atoms with Crippen molar-refractivity contribution in [1.29, 1.82) is 0 Å². The van der Waals surface area contributed by atoms with Crippen LogP contribution in [-0.2, 0) is 11.2 Å². The zero-order valence-corrected chi connectivity index (χ0v) is 12.6. The SMILES string of the molecule is CCc1nc(NC(=O)C(C)N2CCNCC2)sc1C. The molecule has 1 aliphatic rings. The Bertz CT molecular complexity index is 440. The molecule has 1 aromatic heterocycles. The van der Waals surface area contributed by atoms with Gasteiger partial charge >= 0.3 is 0 Å². The molecule has 0 aromatic carbocycles. The van der Waals surface area contributed by atoms with Crippen LogP contribution in [0.4, 0.5) is 5.13 Å². The molecule has 1 atom stereocenters. The van der Waals surface area contributed by atoms with Crippen LogP contribution < -0.4 is 10.6 Å². The Morgan fingerprint density at radius 3 is 2.79 bits per heavy atom. The smallest absolute Gasteiger partial charge is 0.243 e. The minimum absolute atomic E-state index is 0.0401. The average Bonchev–Trinajstić information content (AvgIpc) is 2.78. The molecule has 1 aliphatic heterocycles. The molecule has 0 saturated carbocycles. The van der Waals surface area contributed by atoms with Crippen molar-refractivity contribution in [1.82, 2.24) is 15.2 Å². The van der Waals surface area contributed by atoms with Crippen LogP contribution in [0.1, 0.15) is 24.4 Å². The van der Waals surface area contributed by atoms with E-state index in [1.54, 1.807) is 11.3 Å². The third-order valence-corrected chi connectivity index (χ3v) is 4.46. The van der Waals surface area contributed by atoms with Crippen LogP contribution >= 0.6 is 11.3 Å². The van der Waals surface area contributed by atoms with E-state index in [2.05, 4.69) is 27.4 Å². The second-order valence-electron chi connectivity index (χ2n) is 4.83. The topological polar surface area (TPSA) is 57.3 Å². The number of piperazine rings is 1. The summed E-state index contributed by atoms with van der Waals surface area (Å²) in [6, 6.07) is -0.101. The van der Waals surface area contributed by atoms with E-state index < -0.39 is 0 Å². The highest BCUT2D eigenvalue weighted by Crippen LogP contribution is 2.22. The van der Waals surface area contributed by atoms with Gasteiger partial charge in [0, 0.05) is 31.1 Å². The maximum Gasteiger partial charge on any atom is 0.243 e. The summed E-state index contributed by atoms with van der Waals surface area (Å²) in [7, 11) is 0. The molecule has 2 N–H and O–H groups in total. The molecule has 2 heterocycles. The Labute approximate surface area is 118 Å². The summed E-state index contributed by atoms with van der Waals surface area (Å²) in [5.41, 5.74) is 1.08. The molecule has 0 aliphatic carbocycles. The number of aryl methyl sites for hydroxylation is 2. The molecule has 0 radical (unpaired) electrons. The fraction of sp³-hybridized carbons (Fsp3) is 0.692. The van der Waals surface area contributed by atoms with Gasteiger partial charge in [0.25, 0.3) is 0 Å². The maximum atomic E-state index is 12.2. The van der Waals surface area contributed by atoms with E-state index in [-0.39, 0.29) is 11.9 Å². The Morgan fingerprint density at radius 1 is 1.53 bits per heavy atom. The van der Waals surface area contributed by atoms with Crippen molar-refractivity contribution < 1.29 is 4.79 Å². The summed E-state index contributed by atoms with van der Waals surface area (Å²) in [5, 5.41) is 6.96. The number of nitrogens with one attached hydrogen (secondary N) is 2. The molecule has 1 fully saturated rings. The highest BCUT2D eigenvalue weighted by Gasteiger charge is 2.23. The fourth-order valence-electron chi connectivity index (χ4n) is 2.25. The average molecular weight is 282 g/mol. The molecule has 19 heavy (non-hydrogen) atoms. The molecular weight excluding hydrogens is 260 g/mol. The first-order valence-corrected chi connectivity index (χ1v) is 7.65. The standard InChI is InChI=1S/C13H22N4OS/c1-4-11-10(3)19-13(15-11)16-12(18)9(2)17-7-5-14-6-8-17/h9,14H,4-8H2,1-3H3,(H,15,16,18). The van der Waals surface area contributed by atoms with E-state index >= 15 is 0 Å². The third kappa shape index (κ3) is 3.52. The minimum Gasteiger partial charge on any atom is -0.314 e. The normalized spacial score (nSPS) is 18.3. The fourth-order valence-corrected chi connectivity index (χ4v) is 3.16. The minimum atomic E-state index is -0.101.